The molecule has 0 radical (unpaired) electrons. The van der Waals surface area contributed by atoms with Crippen LogP contribution in [0.15, 0.2) is 12.7 Å². The first-order valence-electron chi connectivity index (χ1n) is 7.12. The van der Waals surface area contributed by atoms with E-state index in [0.29, 0.717) is 5.92 Å². The third kappa shape index (κ3) is 5.68. The van der Waals surface area contributed by atoms with Gasteiger partial charge in [-0.2, -0.15) is 0 Å². The molecule has 0 fully saturated rings. The second kappa shape index (κ2) is 7.46. The third-order valence-electron chi connectivity index (χ3n) is 3.99. The van der Waals surface area contributed by atoms with Crippen LogP contribution in [0.25, 0.3) is 0 Å². The predicted molar refractivity (Wildman–Crippen MR) is 82.0 cm³/mol. The van der Waals surface area contributed by atoms with E-state index in [-0.39, 0.29) is 11.1 Å². The summed E-state index contributed by atoms with van der Waals surface area (Å²) in [5.41, 5.74) is 0. The Bertz CT molecular complexity index is 243. The zero-order valence-electron chi connectivity index (χ0n) is 13.4. The lowest BCUT2D eigenvalue weighted by molar-refractivity contribution is -0.267. The summed E-state index contributed by atoms with van der Waals surface area (Å²) in [6, 6.07) is 0. The molecule has 0 N–H and O–H groups in total. The molecule has 0 aromatic carbocycles. The highest BCUT2D eigenvalue weighted by Gasteiger charge is 2.39. The van der Waals surface area contributed by atoms with Crippen molar-refractivity contribution in [2.24, 2.45) is 5.92 Å². The van der Waals surface area contributed by atoms with Crippen LogP contribution >= 0.6 is 0 Å². The quantitative estimate of drug-likeness (QED) is 0.258. The van der Waals surface area contributed by atoms with Gasteiger partial charge in [0.2, 0.25) is 8.32 Å². The molecule has 0 saturated heterocycles. The van der Waals surface area contributed by atoms with E-state index in [4.69, 9.17) is 9.46 Å². The maximum atomic E-state index is 5.87. The zero-order valence-corrected chi connectivity index (χ0v) is 14.4. The minimum Gasteiger partial charge on any atom is -0.286 e. The van der Waals surface area contributed by atoms with Gasteiger partial charge in [0.15, 0.2) is 0 Å². The molecule has 18 heavy (non-hydrogen) atoms. The van der Waals surface area contributed by atoms with Crippen LogP contribution in [0.1, 0.15) is 53.9 Å². The van der Waals surface area contributed by atoms with Crippen LogP contribution in [0.4, 0.5) is 0 Å². The predicted octanol–water partition coefficient (Wildman–Crippen LogP) is 5.32. The van der Waals surface area contributed by atoms with Crippen molar-refractivity contribution in [2.75, 3.05) is 0 Å². The lowest BCUT2D eigenvalue weighted by Gasteiger charge is -2.36. The van der Waals surface area contributed by atoms with Gasteiger partial charge >= 0.3 is 0 Å². The number of rotatable bonds is 8. The Morgan fingerprint density at radius 2 is 1.83 bits per heavy atom. The fraction of sp³-hybridized carbons (Fsp3) is 0.867. The maximum absolute atomic E-state index is 5.87. The molecule has 0 unspecified atom stereocenters. The standard InChI is InChI=1S/C15H32O2Si/c1-9-11-12-14(13(3)10-2)16-17-18(7,8)15(4,5)6/h10,13-14H,2,9,11-12H2,1,3-8H3/t13-,14-/m0/s1. The normalized spacial score (nSPS) is 16.4. The molecule has 0 heterocycles. The van der Waals surface area contributed by atoms with Crippen LogP contribution in [0.5, 0.6) is 0 Å². The molecule has 0 bridgehead atoms. The second-order valence-corrected chi connectivity index (χ2v) is 11.4. The second-order valence-electron chi connectivity index (χ2n) is 6.72. The molecule has 0 spiro atoms. The largest absolute Gasteiger partial charge is 0.286 e. The average Bonchev–Trinajstić information content (AvgIpc) is 2.26. The van der Waals surface area contributed by atoms with Crippen molar-refractivity contribution >= 4 is 8.32 Å². The minimum atomic E-state index is -1.82. The monoisotopic (exact) mass is 272 g/mol. The first kappa shape index (κ1) is 17.9. The Labute approximate surface area is 115 Å². The summed E-state index contributed by atoms with van der Waals surface area (Å²) in [6.45, 7) is 19.3. The van der Waals surface area contributed by atoms with E-state index in [2.05, 4.69) is 54.3 Å². The van der Waals surface area contributed by atoms with Gasteiger partial charge < -0.3 is 0 Å². The van der Waals surface area contributed by atoms with Gasteiger partial charge in [-0.15, -0.1) is 6.58 Å². The SMILES string of the molecule is C=C[C@H](C)[C@H](CCCC)OO[Si](C)(C)C(C)(C)C. The van der Waals surface area contributed by atoms with Gasteiger partial charge in [0, 0.05) is 5.92 Å². The Morgan fingerprint density at radius 1 is 1.28 bits per heavy atom. The first-order chi connectivity index (χ1) is 8.15. The topological polar surface area (TPSA) is 18.5 Å². The van der Waals surface area contributed by atoms with Crippen LogP contribution in [0.2, 0.25) is 18.1 Å². The Balaban J connectivity index is 4.46. The van der Waals surface area contributed by atoms with Crippen molar-refractivity contribution in [2.45, 2.75) is 78.1 Å². The molecular formula is C15H32O2Si. The molecule has 0 aliphatic rings. The molecule has 0 aliphatic carbocycles. The van der Waals surface area contributed by atoms with E-state index < -0.39 is 8.32 Å². The number of hydrogen-bond donors (Lipinski definition) is 0. The fourth-order valence-corrected chi connectivity index (χ4v) is 1.88. The Morgan fingerprint density at radius 3 is 2.22 bits per heavy atom. The summed E-state index contributed by atoms with van der Waals surface area (Å²) in [5, 5.41) is 0.180. The molecule has 0 aromatic heterocycles. The molecular weight excluding hydrogens is 240 g/mol. The summed E-state index contributed by atoms with van der Waals surface area (Å²) in [4.78, 5) is 5.78. The number of unbranched alkanes of at least 4 members (excludes halogenated alkanes) is 1. The van der Waals surface area contributed by atoms with Crippen LogP contribution in [-0.4, -0.2) is 14.4 Å². The maximum Gasteiger partial charge on any atom is 0.238 e. The highest BCUT2D eigenvalue weighted by molar-refractivity contribution is 6.73. The average molecular weight is 273 g/mol. The summed E-state index contributed by atoms with van der Waals surface area (Å²) in [7, 11) is -1.82. The first-order valence-corrected chi connectivity index (χ1v) is 10.0. The van der Waals surface area contributed by atoms with E-state index in [1.165, 1.54) is 12.8 Å². The smallest absolute Gasteiger partial charge is 0.238 e. The third-order valence-corrected chi connectivity index (χ3v) is 8.11. The lowest BCUT2D eigenvalue weighted by Crippen LogP contribution is -2.42. The molecule has 0 aliphatic heterocycles. The summed E-state index contributed by atoms with van der Waals surface area (Å²) in [5.74, 6) is 0.335. The lowest BCUT2D eigenvalue weighted by atomic mass is 10.00. The van der Waals surface area contributed by atoms with E-state index in [1.54, 1.807) is 0 Å². The van der Waals surface area contributed by atoms with Crippen LogP contribution < -0.4 is 0 Å². The van der Waals surface area contributed by atoms with Crippen molar-refractivity contribution in [3.8, 4) is 0 Å². The minimum absolute atomic E-state index is 0.136. The molecule has 0 aromatic rings. The molecule has 0 rings (SSSR count). The van der Waals surface area contributed by atoms with Crippen LogP contribution in [-0.2, 0) is 9.46 Å². The fourth-order valence-electron chi connectivity index (χ4n) is 1.26. The zero-order chi connectivity index (χ0) is 14.4. The van der Waals surface area contributed by atoms with Crippen LogP contribution in [0.3, 0.4) is 0 Å². The van der Waals surface area contributed by atoms with Gasteiger partial charge in [0.05, 0.1) is 6.10 Å². The molecule has 0 amide bonds. The summed E-state index contributed by atoms with van der Waals surface area (Å²) in [6.07, 6.45) is 5.48. The van der Waals surface area contributed by atoms with Crippen molar-refractivity contribution in [1.29, 1.82) is 0 Å². The Hall–Kier alpha value is -0.123. The van der Waals surface area contributed by atoms with Gasteiger partial charge in [-0.1, -0.05) is 53.5 Å². The van der Waals surface area contributed by atoms with Gasteiger partial charge in [-0.3, -0.25) is 4.58 Å². The number of hydrogen-bond acceptors (Lipinski definition) is 2. The van der Waals surface area contributed by atoms with Crippen molar-refractivity contribution in [3.63, 3.8) is 0 Å². The van der Waals surface area contributed by atoms with E-state index in [9.17, 15) is 0 Å². The van der Waals surface area contributed by atoms with Gasteiger partial charge in [0.1, 0.15) is 0 Å². The van der Waals surface area contributed by atoms with E-state index in [0.717, 1.165) is 6.42 Å². The Kier molecular flexibility index (Phi) is 7.41. The van der Waals surface area contributed by atoms with E-state index >= 15 is 0 Å². The van der Waals surface area contributed by atoms with Crippen molar-refractivity contribution < 1.29 is 9.46 Å². The highest BCUT2D eigenvalue weighted by Crippen LogP contribution is 2.37. The van der Waals surface area contributed by atoms with Crippen molar-refractivity contribution in [1.82, 2.24) is 0 Å². The molecule has 2 atom stereocenters. The molecule has 108 valence electrons. The molecule has 3 heteroatoms. The molecule has 0 saturated carbocycles. The van der Waals surface area contributed by atoms with Gasteiger partial charge in [-0.25, -0.2) is 4.89 Å². The van der Waals surface area contributed by atoms with E-state index in [1.807, 2.05) is 6.08 Å². The summed E-state index contributed by atoms with van der Waals surface area (Å²) >= 11 is 0. The highest BCUT2D eigenvalue weighted by atomic mass is 28.4. The van der Waals surface area contributed by atoms with Crippen molar-refractivity contribution in [3.05, 3.63) is 12.7 Å². The van der Waals surface area contributed by atoms with Gasteiger partial charge in [0.25, 0.3) is 0 Å². The van der Waals surface area contributed by atoms with Gasteiger partial charge in [-0.05, 0) is 24.6 Å². The van der Waals surface area contributed by atoms with Crippen LogP contribution in [0, 0.1) is 5.92 Å². The molecule has 2 nitrogen and oxygen atoms in total. The summed E-state index contributed by atoms with van der Waals surface area (Å²) < 4.78 is 5.87.